The molecule has 1 heterocycles. The molecule has 0 unspecified atom stereocenters. The largest absolute Gasteiger partial charge is 0.469 e. The van der Waals surface area contributed by atoms with E-state index in [4.69, 9.17) is 0 Å². The maximum Gasteiger partial charge on any atom is 0.307 e. The number of nitrogens with one attached hydrogen (secondary N) is 1. The molecule has 1 saturated carbocycles. The van der Waals surface area contributed by atoms with Gasteiger partial charge in [-0.1, -0.05) is 12.8 Å². The molecule has 0 aromatic heterocycles. The number of rotatable bonds is 3. The predicted molar refractivity (Wildman–Crippen MR) is 57.5 cm³/mol. The lowest BCUT2D eigenvalue weighted by atomic mass is 9.98. The quantitative estimate of drug-likeness (QED) is 0.701. The first-order chi connectivity index (χ1) is 7.68. The van der Waals surface area contributed by atoms with Crippen molar-refractivity contribution >= 4 is 11.9 Å². The normalized spacial score (nSPS) is 23.1. The third kappa shape index (κ3) is 1.91. The Hall–Kier alpha value is -1.10. The van der Waals surface area contributed by atoms with Gasteiger partial charge in [-0.2, -0.15) is 0 Å². The Morgan fingerprint density at radius 3 is 2.81 bits per heavy atom. The van der Waals surface area contributed by atoms with E-state index in [2.05, 4.69) is 10.1 Å². The van der Waals surface area contributed by atoms with Crippen LogP contribution in [-0.2, 0) is 14.3 Å². The minimum atomic E-state index is -0.309. The number of esters is 1. The zero-order chi connectivity index (χ0) is 11.6. The van der Waals surface area contributed by atoms with Gasteiger partial charge in [0.05, 0.1) is 25.7 Å². The van der Waals surface area contributed by atoms with Crippen molar-refractivity contribution in [3.05, 3.63) is 0 Å². The number of methoxy groups -OCH3 is 1. The Morgan fingerprint density at radius 2 is 2.19 bits per heavy atom. The number of amides is 1. The number of hydrogen-bond acceptors (Lipinski definition) is 4. The highest BCUT2D eigenvalue weighted by Gasteiger charge is 2.47. The summed E-state index contributed by atoms with van der Waals surface area (Å²) in [5.41, 5.74) is -0.309. The SMILES string of the molecule is COC(=O)CCN1CNC2(CCCC2)C1=O. The van der Waals surface area contributed by atoms with Crippen LogP contribution in [0.4, 0.5) is 0 Å². The Kier molecular flexibility index (Phi) is 3.14. The first kappa shape index (κ1) is 11.4. The highest BCUT2D eigenvalue weighted by molar-refractivity contribution is 5.89. The van der Waals surface area contributed by atoms with Gasteiger partial charge in [0.2, 0.25) is 5.91 Å². The molecule has 0 aromatic carbocycles. The van der Waals surface area contributed by atoms with Crippen LogP contribution in [0, 0.1) is 0 Å². The number of nitrogens with zero attached hydrogens (tertiary/aromatic N) is 1. The van der Waals surface area contributed by atoms with Crippen LogP contribution < -0.4 is 5.32 Å². The van der Waals surface area contributed by atoms with E-state index >= 15 is 0 Å². The van der Waals surface area contributed by atoms with Gasteiger partial charge in [0.1, 0.15) is 0 Å². The van der Waals surface area contributed by atoms with Crippen LogP contribution in [0.1, 0.15) is 32.1 Å². The summed E-state index contributed by atoms with van der Waals surface area (Å²) in [6.45, 7) is 1.02. The van der Waals surface area contributed by atoms with E-state index in [1.165, 1.54) is 7.11 Å². The average Bonchev–Trinajstić information content (AvgIpc) is 2.88. The number of hydrogen-bond donors (Lipinski definition) is 1. The molecule has 1 amide bonds. The van der Waals surface area contributed by atoms with Gasteiger partial charge in [0.15, 0.2) is 0 Å². The lowest BCUT2D eigenvalue weighted by molar-refractivity contribution is -0.141. The summed E-state index contributed by atoms with van der Waals surface area (Å²) in [5, 5.41) is 3.30. The van der Waals surface area contributed by atoms with E-state index in [0.29, 0.717) is 13.2 Å². The van der Waals surface area contributed by atoms with Crippen molar-refractivity contribution in [2.75, 3.05) is 20.3 Å². The molecule has 1 spiro atoms. The van der Waals surface area contributed by atoms with Gasteiger partial charge < -0.3 is 9.64 Å². The Balaban J connectivity index is 1.89. The molecular weight excluding hydrogens is 208 g/mol. The second-order valence-electron chi connectivity index (χ2n) is 4.52. The van der Waals surface area contributed by atoms with Crippen LogP contribution in [0.5, 0.6) is 0 Å². The van der Waals surface area contributed by atoms with Crippen LogP contribution in [0.15, 0.2) is 0 Å². The van der Waals surface area contributed by atoms with Crippen LogP contribution in [0.3, 0.4) is 0 Å². The Labute approximate surface area is 95.1 Å². The average molecular weight is 226 g/mol. The zero-order valence-corrected chi connectivity index (χ0v) is 9.62. The van der Waals surface area contributed by atoms with Crippen molar-refractivity contribution in [2.24, 2.45) is 0 Å². The molecule has 0 bridgehead atoms. The molecule has 0 aromatic rings. The van der Waals surface area contributed by atoms with Gasteiger partial charge in [-0.05, 0) is 12.8 Å². The van der Waals surface area contributed by atoms with E-state index in [1.54, 1.807) is 4.90 Å². The van der Waals surface area contributed by atoms with Crippen LogP contribution >= 0.6 is 0 Å². The number of carbonyl (C=O) groups excluding carboxylic acids is 2. The molecule has 1 saturated heterocycles. The topological polar surface area (TPSA) is 58.6 Å². The summed E-state index contributed by atoms with van der Waals surface area (Å²) in [7, 11) is 1.37. The molecule has 2 rings (SSSR count). The molecule has 2 aliphatic rings. The molecule has 1 N–H and O–H groups in total. The highest BCUT2D eigenvalue weighted by Crippen LogP contribution is 2.34. The lowest BCUT2D eigenvalue weighted by Gasteiger charge is -2.21. The molecule has 5 nitrogen and oxygen atoms in total. The predicted octanol–water partition coefficient (Wildman–Crippen LogP) is 0.252. The smallest absolute Gasteiger partial charge is 0.307 e. The van der Waals surface area contributed by atoms with Crippen molar-refractivity contribution in [1.29, 1.82) is 0 Å². The molecule has 0 radical (unpaired) electrons. The van der Waals surface area contributed by atoms with Gasteiger partial charge in [-0.25, -0.2) is 0 Å². The van der Waals surface area contributed by atoms with E-state index in [0.717, 1.165) is 25.7 Å². The molecule has 90 valence electrons. The molecular formula is C11H18N2O3. The van der Waals surface area contributed by atoms with Crippen molar-refractivity contribution in [3.8, 4) is 0 Å². The van der Waals surface area contributed by atoms with Crippen molar-refractivity contribution in [1.82, 2.24) is 10.2 Å². The third-order valence-electron chi connectivity index (χ3n) is 3.58. The summed E-state index contributed by atoms with van der Waals surface area (Å²) in [5.74, 6) is -0.103. The van der Waals surface area contributed by atoms with Crippen LogP contribution in [0.2, 0.25) is 0 Å². The van der Waals surface area contributed by atoms with Crippen LogP contribution in [0.25, 0.3) is 0 Å². The minimum Gasteiger partial charge on any atom is -0.469 e. The van der Waals surface area contributed by atoms with Crippen molar-refractivity contribution in [3.63, 3.8) is 0 Å². The summed E-state index contributed by atoms with van der Waals surface area (Å²) in [6, 6.07) is 0. The van der Waals surface area contributed by atoms with Gasteiger partial charge in [-0.3, -0.25) is 14.9 Å². The fourth-order valence-corrected chi connectivity index (χ4v) is 2.57. The number of ether oxygens (including phenoxy) is 1. The first-order valence-electron chi connectivity index (χ1n) is 5.79. The van der Waals surface area contributed by atoms with Crippen LogP contribution in [-0.4, -0.2) is 42.6 Å². The van der Waals surface area contributed by atoms with Gasteiger partial charge in [-0.15, -0.1) is 0 Å². The van der Waals surface area contributed by atoms with E-state index in [1.807, 2.05) is 0 Å². The Morgan fingerprint density at radius 1 is 1.50 bits per heavy atom. The standard InChI is InChI=1S/C11H18N2O3/c1-16-9(14)4-7-13-8-12-11(10(13)15)5-2-3-6-11/h12H,2-8H2,1H3. The van der Waals surface area contributed by atoms with Gasteiger partial charge >= 0.3 is 5.97 Å². The third-order valence-corrected chi connectivity index (χ3v) is 3.58. The number of carbonyl (C=O) groups is 2. The van der Waals surface area contributed by atoms with Gasteiger partial charge in [0.25, 0.3) is 0 Å². The van der Waals surface area contributed by atoms with Crippen molar-refractivity contribution in [2.45, 2.75) is 37.6 Å². The molecule has 0 atom stereocenters. The molecule has 1 aliphatic heterocycles. The molecule has 2 fully saturated rings. The van der Waals surface area contributed by atoms with E-state index in [-0.39, 0.29) is 23.8 Å². The molecule has 16 heavy (non-hydrogen) atoms. The first-order valence-corrected chi connectivity index (χ1v) is 5.79. The lowest BCUT2D eigenvalue weighted by Crippen LogP contribution is -2.44. The molecule has 5 heteroatoms. The second-order valence-corrected chi connectivity index (χ2v) is 4.52. The summed E-state index contributed by atoms with van der Waals surface area (Å²) >= 11 is 0. The van der Waals surface area contributed by atoms with E-state index in [9.17, 15) is 9.59 Å². The summed E-state index contributed by atoms with van der Waals surface area (Å²) in [4.78, 5) is 24.9. The summed E-state index contributed by atoms with van der Waals surface area (Å²) < 4.78 is 4.56. The van der Waals surface area contributed by atoms with Gasteiger partial charge in [0, 0.05) is 6.54 Å². The van der Waals surface area contributed by atoms with E-state index < -0.39 is 0 Å². The highest BCUT2D eigenvalue weighted by atomic mass is 16.5. The fraction of sp³-hybridized carbons (Fsp3) is 0.818. The fourth-order valence-electron chi connectivity index (χ4n) is 2.57. The minimum absolute atomic E-state index is 0.161. The monoisotopic (exact) mass is 226 g/mol. The maximum atomic E-state index is 12.1. The Bertz CT molecular complexity index is 298. The zero-order valence-electron chi connectivity index (χ0n) is 9.62. The maximum absolute atomic E-state index is 12.1. The molecule has 1 aliphatic carbocycles. The summed E-state index contributed by atoms with van der Waals surface area (Å²) in [6.07, 6.45) is 4.37. The second kappa shape index (κ2) is 4.41. The van der Waals surface area contributed by atoms with Crippen molar-refractivity contribution < 1.29 is 14.3 Å².